The third-order valence-corrected chi connectivity index (χ3v) is 5.67. The molecule has 0 spiro atoms. The van der Waals surface area contributed by atoms with Crippen molar-refractivity contribution >= 4 is 11.6 Å². The second-order valence-electron chi connectivity index (χ2n) is 8.60. The molecule has 0 aromatic heterocycles. The van der Waals surface area contributed by atoms with E-state index in [1.165, 1.54) is 40.7 Å². The van der Waals surface area contributed by atoms with E-state index in [0.717, 1.165) is 5.56 Å². The zero-order valence-corrected chi connectivity index (χ0v) is 15.7. The van der Waals surface area contributed by atoms with E-state index in [1.54, 1.807) is 0 Å². The van der Waals surface area contributed by atoms with Crippen molar-refractivity contribution in [3.8, 4) is 0 Å². The van der Waals surface area contributed by atoms with Gasteiger partial charge in [-0.15, -0.1) is 0 Å². The summed E-state index contributed by atoms with van der Waals surface area (Å²) in [4.78, 5) is 0. The number of allylic oxidation sites excluding steroid dienone is 1. The summed E-state index contributed by atoms with van der Waals surface area (Å²) in [7, 11) is 0. The zero-order valence-electron chi connectivity index (χ0n) is 15.7. The topological polar surface area (TPSA) is 0 Å². The molecular formula is C24H29. The van der Waals surface area contributed by atoms with Crippen LogP contribution in [0.5, 0.6) is 0 Å². The van der Waals surface area contributed by atoms with Gasteiger partial charge in [0.25, 0.3) is 0 Å². The highest BCUT2D eigenvalue weighted by Gasteiger charge is 2.36. The Balaban J connectivity index is 2.03. The maximum absolute atomic E-state index is 3.96. The second kappa shape index (κ2) is 5.92. The van der Waals surface area contributed by atoms with E-state index in [0.29, 0.717) is 0 Å². The van der Waals surface area contributed by atoms with Crippen molar-refractivity contribution in [1.82, 2.24) is 0 Å². The first kappa shape index (κ1) is 17.0. The molecule has 0 unspecified atom stereocenters. The minimum Gasteiger partial charge on any atom is -0.0584 e. The molecule has 0 heterocycles. The van der Waals surface area contributed by atoms with Gasteiger partial charge in [-0.2, -0.15) is 0 Å². The molecule has 0 saturated heterocycles. The largest absolute Gasteiger partial charge is 0.0584 e. The highest BCUT2D eigenvalue weighted by molar-refractivity contribution is 5.80. The summed E-state index contributed by atoms with van der Waals surface area (Å²) in [6.07, 6.45) is 4.78. The Kier molecular flexibility index (Phi) is 4.20. The minimum atomic E-state index is 0.261. The molecule has 0 amide bonds. The van der Waals surface area contributed by atoms with Gasteiger partial charge in [0, 0.05) is 0 Å². The summed E-state index contributed by atoms with van der Waals surface area (Å²) in [5, 5.41) is 0. The quantitative estimate of drug-likeness (QED) is 0.536. The first-order chi connectivity index (χ1) is 11.2. The van der Waals surface area contributed by atoms with Crippen LogP contribution in [0, 0.1) is 6.92 Å². The molecule has 0 nitrogen and oxygen atoms in total. The maximum atomic E-state index is 3.96. The van der Waals surface area contributed by atoms with Crippen LogP contribution in [0.3, 0.4) is 0 Å². The smallest absolute Gasteiger partial charge is 0.0100 e. The summed E-state index contributed by atoms with van der Waals surface area (Å²) in [6.45, 7) is 15.7. The van der Waals surface area contributed by atoms with Crippen LogP contribution >= 0.6 is 0 Å². The molecule has 0 fully saturated rings. The summed E-state index contributed by atoms with van der Waals surface area (Å²) in [5.74, 6) is 0. The average molecular weight is 317 g/mol. The summed E-state index contributed by atoms with van der Waals surface area (Å²) in [6, 6.07) is 15.5. The van der Waals surface area contributed by atoms with Gasteiger partial charge in [0.05, 0.1) is 0 Å². The highest BCUT2D eigenvalue weighted by Crippen LogP contribution is 2.46. The Morgan fingerprint density at radius 1 is 0.875 bits per heavy atom. The number of rotatable bonds is 2. The fraction of sp³-hybridized carbons (Fsp3) is 0.375. The van der Waals surface area contributed by atoms with Gasteiger partial charge in [-0.3, -0.25) is 0 Å². The molecule has 1 aliphatic carbocycles. The van der Waals surface area contributed by atoms with Gasteiger partial charge in [-0.25, -0.2) is 0 Å². The van der Waals surface area contributed by atoms with Crippen molar-refractivity contribution in [3.63, 3.8) is 0 Å². The van der Waals surface area contributed by atoms with Crippen molar-refractivity contribution in [3.05, 3.63) is 77.2 Å². The average Bonchev–Trinajstić information content (AvgIpc) is 2.54. The Labute approximate surface area is 147 Å². The van der Waals surface area contributed by atoms with Crippen LogP contribution in [0.25, 0.3) is 11.6 Å². The van der Waals surface area contributed by atoms with Crippen molar-refractivity contribution in [2.75, 3.05) is 0 Å². The lowest BCUT2D eigenvalue weighted by atomic mass is 9.63. The fourth-order valence-electron chi connectivity index (χ4n) is 3.78. The number of fused-ring (bicyclic) bond motifs is 1. The molecule has 2 aromatic rings. The van der Waals surface area contributed by atoms with Crippen molar-refractivity contribution in [2.45, 2.75) is 58.3 Å². The second-order valence-corrected chi connectivity index (χ2v) is 8.60. The molecule has 0 heteroatoms. The van der Waals surface area contributed by atoms with Crippen molar-refractivity contribution in [2.24, 2.45) is 0 Å². The molecular weight excluding hydrogens is 288 g/mol. The molecule has 1 radical (unpaired) electrons. The number of benzene rings is 2. The van der Waals surface area contributed by atoms with Crippen LogP contribution < -0.4 is 0 Å². The molecule has 1 aliphatic rings. The molecule has 0 atom stereocenters. The Hall–Kier alpha value is -1.82. The number of hydrogen-bond acceptors (Lipinski definition) is 0. The predicted octanol–water partition coefficient (Wildman–Crippen LogP) is 6.78. The van der Waals surface area contributed by atoms with E-state index in [2.05, 4.69) is 90.1 Å². The van der Waals surface area contributed by atoms with Crippen molar-refractivity contribution < 1.29 is 0 Å². The highest BCUT2D eigenvalue weighted by atomic mass is 14.4. The van der Waals surface area contributed by atoms with E-state index in [9.17, 15) is 0 Å². The Morgan fingerprint density at radius 2 is 1.46 bits per heavy atom. The predicted molar refractivity (Wildman–Crippen MR) is 106 cm³/mol. The van der Waals surface area contributed by atoms with Crippen LogP contribution in [-0.2, 0) is 10.8 Å². The van der Waals surface area contributed by atoms with Crippen LogP contribution in [0.4, 0.5) is 0 Å². The van der Waals surface area contributed by atoms with Gasteiger partial charge in [-0.1, -0.05) is 76.2 Å². The third-order valence-electron chi connectivity index (χ3n) is 5.67. The molecule has 24 heavy (non-hydrogen) atoms. The lowest BCUT2D eigenvalue weighted by Gasteiger charge is -2.42. The Morgan fingerprint density at radius 3 is 2.08 bits per heavy atom. The lowest BCUT2D eigenvalue weighted by Crippen LogP contribution is -2.33. The minimum absolute atomic E-state index is 0.261. The maximum Gasteiger partial charge on any atom is -0.0100 e. The van der Waals surface area contributed by atoms with Gasteiger partial charge in [-0.05, 0) is 70.9 Å². The standard InChI is InChI=1S/C24H29/c1-17-7-9-19(10-8-17)15-18(2)20-11-12-21-22(16-20)24(5,6)14-13-23(21,3)4/h7-12,15-16H,1,13-14H2,2-6H3/b18-15+. The molecule has 3 rings (SSSR count). The number of hydrogen-bond donors (Lipinski definition) is 0. The molecule has 0 saturated carbocycles. The zero-order chi connectivity index (χ0) is 17.5. The summed E-state index contributed by atoms with van der Waals surface area (Å²) in [5.41, 5.74) is 8.53. The first-order valence-corrected chi connectivity index (χ1v) is 8.95. The van der Waals surface area contributed by atoms with E-state index >= 15 is 0 Å². The van der Waals surface area contributed by atoms with Crippen LogP contribution in [0.1, 0.15) is 75.3 Å². The van der Waals surface area contributed by atoms with Gasteiger partial charge < -0.3 is 0 Å². The SMILES string of the molecule is [CH2]c1ccc(/C=C(\C)c2ccc3c(c2)C(C)(C)CCC3(C)C)cc1. The van der Waals surface area contributed by atoms with Crippen LogP contribution in [0.2, 0.25) is 0 Å². The summed E-state index contributed by atoms with van der Waals surface area (Å²) >= 11 is 0. The molecule has 2 aromatic carbocycles. The Bertz CT molecular complexity index is 770. The van der Waals surface area contributed by atoms with Crippen molar-refractivity contribution in [1.29, 1.82) is 0 Å². The molecule has 0 bridgehead atoms. The van der Waals surface area contributed by atoms with E-state index in [1.807, 2.05) is 0 Å². The van der Waals surface area contributed by atoms with Crippen LogP contribution in [0.15, 0.2) is 42.5 Å². The lowest BCUT2D eigenvalue weighted by molar-refractivity contribution is 0.332. The van der Waals surface area contributed by atoms with Gasteiger partial charge in [0.15, 0.2) is 0 Å². The summed E-state index contributed by atoms with van der Waals surface area (Å²) < 4.78 is 0. The van der Waals surface area contributed by atoms with E-state index in [-0.39, 0.29) is 10.8 Å². The third kappa shape index (κ3) is 3.20. The van der Waals surface area contributed by atoms with Crippen LogP contribution in [-0.4, -0.2) is 0 Å². The molecule has 125 valence electrons. The van der Waals surface area contributed by atoms with Gasteiger partial charge in [0.1, 0.15) is 0 Å². The fourth-order valence-corrected chi connectivity index (χ4v) is 3.78. The first-order valence-electron chi connectivity index (χ1n) is 8.95. The van der Waals surface area contributed by atoms with Gasteiger partial charge >= 0.3 is 0 Å². The molecule has 0 N–H and O–H groups in total. The van der Waals surface area contributed by atoms with Gasteiger partial charge in [0.2, 0.25) is 0 Å². The normalized spacial score (nSPS) is 19.0. The molecule has 0 aliphatic heterocycles. The van der Waals surface area contributed by atoms with E-state index in [4.69, 9.17) is 0 Å². The monoisotopic (exact) mass is 317 g/mol. The van der Waals surface area contributed by atoms with E-state index < -0.39 is 0 Å².